The van der Waals surface area contributed by atoms with Crippen molar-refractivity contribution >= 4 is 26.7 Å². The minimum Gasteiger partial charge on any atom is -0.486 e. The van der Waals surface area contributed by atoms with E-state index >= 15 is 0 Å². The van der Waals surface area contributed by atoms with E-state index in [2.05, 4.69) is 14.7 Å². The molecule has 2 N–H and O–H groups in total. The molecule has 7 nitrogen and oxygen atoms in total. The Kier molecular flexibility index (Phi) is 5.69. The quantitative estimate of drug-likeness (QED) is 0.418. The molecule has 0 atom stereocenters. The molecule has 0 saturated carbocycles. The molecular formula is C22H15F3N4O3S. The fraction of sp³-hybridized carbons (Fsp3) is 0.0909. The number of halogens is 3. The van der Waals surface area contributed by atoms with Gasteiger partial charge < -0.3 is 9.72 Å². The molecule has 0 aliphatic rings. The van der Waals surface area contributed by atoms with Gasteiger partial charge in [-0.05, 0) is 60.7 Å². The Labute approximate surface area is 186 Å². The molecular weight excluding hydrogens is 457 g/mol. The first-order chi connectivity index (χ1) is 15.6. The first kappa shape index (κ1) is 22.2. The third kappa shape index (κ3) is 5.07. The van der Waals surface area contributed by atoms with E-state index in [1.54, 1.807) is 24.3 Å². The molecule has 0 fully saturated rings. The van der Waals surface area contributed by atoms with Crippen molar-refractivity contribution in [3.05, 3.63) is 83.7 Å². The number of nitrogens with one attached hydrogen (secondary N) is 2. The number of anilines is 1. The largest absolute Gasteiger partial charge is 0.486 e. The van der Waals surface area contributed by atoms with Crippen molar-refractivity contribution in [1.29, 1.82) is 5.26 Å². The molecule has 0 spiro atoms. The van der Waals surface area contributed by atoms with Crippen LogP contribution in [0.4, 0.5) is 18.9 Å². The van der Waals surface area contributed by atoms with Gasteiger partial charge in [0.2, 0.25) is 0 Å². The van der Waals surface area contributed by atoms with E-state index in [1.165, 1.54) is 24.3 Å². The Bertz CT molecular complexity index is 1460. The molecule has 0 unspecified atom stereocenters. The van der Waals surface area contributed by atoms with Crippen LogP contribution in [-0.2, 0) is 22.8 Å². The second-order valence-corrected chi connectivity index (χ2v) is 8.65. The first-order valence-corrected chi connectivity index (χ1v) is 10.9. The number of sulfonamides is 1. The highest BCUT2D eigenvalue weighted by Crippen LogP contribution is 2.31. The Morgan fingerprint density at radius 3 is 2.52 bits per heavy atom. The molecule has 0 aliphatic heterocycles. The molecule has 0 aliphatic carbocycles. The number of alkyl halides is 3. The number of ether oxygens (including phenoxy) is 1. The minimum absolute atomic E-state index is 0.0746. The summed E-state index contributed by atoms with van der Waals surface area (Å²) in [6.07, 6.45) is -4.59. The van der Waals surface area contributed by atoms with Gasteiger partial charge in [0.1, 0.15) is 18.2 Å². The maximum atomic E-state index is 12.9. The van der Waals surface area contributed by atoms with E-state index in [9.17, 15) is 21.6 Å². The summed E-state index contributed by atoms with van der Waals surface area (Å²) in [4.78, 5) is 7.16. The van der Waals surface area contributed by atoms with Crippen molar-refractivity contribution in [2.24, 2.45) is 0 Å². The Morgan fingerprint density at radius 1 is 1.06 bits per heavy atom. The van der Waals surface area contributed by atoms with Gasteiger partial charge in [0.25, 0.3) is 10.0 Å². The molecule has 0 saturated heterocycles. The summed E-state index contributed by atoms with van der Waals surface area (Å²) >= 11 is 0. The van der Waals surface area contributed by atoms with Crippen molar-refractivity contribution in [1.82, 2.24) is 9.97 Å². The second-order valence-electron chi connectivity index (χ2n) is 6.97. The van der Waals surface area contributed by atoms with E-state index in [4.69, 9.17) is 10.00 Å². The van der Waals surface area contributed by atoms with Gasteiger partial charge in [-0.2, -0.15) is 18.4 Å². The lowest BCUT2D eigenvalue weighted by atomic mass is 10.2. The molecule has 11 heteroatoms. The van der Waals surface area contributed by atoms with Gasteiger partial charge in [0.05, 0.1) is 33.1 Å². The summed E-state index contributed by atoms with van der Waals surface area (Å²) in [6.45, 7) is 0.0746. The number of benzene rings is 3. The molecule has 1 heterocycles. The van der Waals surface area contributed by atoms with E-state index in [-0.39, 0.29) is 17.2 Å². The molecule has 4 aromatic rings. The molecule has 0 amide bonds. The molecule has 33 heavy (non-hydrogen) atoms. The maximum absolute atomic E-state index is 12.9. The van der Waals surface area contributed by atoms with Crippen molar-refractivity contribution in [3.8, 4) is 11.8 Å². The summed E-state index contributed by atoms with van der Waals surface area (Å²) < 4.78 is 71.9. The summed E-state index contributed by atoms with van der Waals surface area (Å²) in [6, 6.07) is 16.6. The average molecular weight is 472 g/mol. The number of aromatic amines is 1. The number of nitrogens with zero attached hydrogens (tertiary/aromatic N) is 2. The van der Waals surface area contributed by atoms with Crippen LogP contribution in [-0.4, -0.2) is 18.4 Å². The number of rotatable bonds is 6. The topological polar surface area (TPSA) is 108 Å². The standard InChI is InChI=1S/C22H15F3N4O3S/c23-22(24,25)15-2-1-3-16(10-15)29-33(30,31)18-8-9-19-20(11-18)28-21(27-19)13-32-17-6-4-14(12-26)5-7-17/h1-11,29H,13H2,(H,27,28). The maximum Gasteiger partial charge on any atom is 0.416 e. The van der Waals surface area contributed by atoms with Crippen LogP contribution in [0.15, 0.2) is 71.6 Å². The van der Waals surface area contributed by atoms with Crippen LogP contribution >= 0.6 is 0 Å². The van der Waals surface area contributed by atoms with Crippen molar-refractivity contribution < 1.29 is 26.3 Å². The number of aromatic nitrogens is 2. The third-order valence-electron chi connectivity index (χ3n) is 4.61. The van der Waals surface area contributed by atoms with Gasteiger partial charge in [0.15, 0.2) is 0 Å². The Balaban J connectivity index is 1.52. The van der Waals surface area contributed by atoms with Gasteiger partial charge in [-0.3, -0.25) is 4.72 Å². The fourth-order valence-electron chi connectivity index (χ4n) is 3.03. The molecule has 168 valence electrons. The van der Waals surface area contributed by atoms with Crippen LogP contribution in [0.25, 0.3) is 11.0 Å². The van der Waals surface area contributed by atoms with E-state index in [1.807, 2.05) is 6.07 Å². The summed E-state index contributed by atoms with van der Waals surface area (Å²) in [5, 5.41) is 8.83. The third-order valence-corrected chi connectivity index (χ3v) is 5.99. The van der Waals surface area contributed by atoms with Crippen LogP contribution in [0.5, 0.6) is 5.75 Å². The van der Waals surface area contributed by atoms with Gasteiger partial charge in [0, 0.05) is 5.69 Å². The van der Waals surface area contributed by atoms with E-state index in [0.717, 1.165) is 18.2 Å². The lowest BCUT2D eigenvalue weighted by molar-refractivity contribution is -0.137. The molecule has 3 aromatic carbocycles. The zero-order valence-corrected chi connectivity index (χ0v) is 17.5. The zero-order valence-electron chi connectivity index (χ0n) is 16.7. The van der Waals surface area contributed by atoms with E-state index < -0.39 is 21.8 Å². The lowest BCUT2D eigenvalue weighted by Gasteiger charge is -2.11. The number of hydrogen-bond donors (Lipinski definition) is 2. The fourth-order valence-corrected chi connectivity index (χ4v) is 4.10. The first-order valence-electron chi connectivity index (χ1n) is 9.46. The number of H-pyrrole nitrogens is 1. The molecule has 4 rings (SSSR count). The van der Waals surface area contributed by atoms with Crippen LogP contribution in [0.1, 0.15) is 17.0 Å². The van der Waals surface area contributed by atoms with Crippen molar-refractivity contribution in [2.45, 2.75) is 17.7 Å². The Morgan fingerprint density at radius 2 is 1.82 bits per heavy atom. The predicted octanol–water partition coefficient (Wildman–Crippen LogP) is 4.83. The van der Waals surface area contributed by atoms with Gasteiger partial charge in [-0.1, -0.05) is 6.07 Å². The SMILES string of the molecule is N#Cc1ccc(OCc2nc3ccc(S(=O)(=O)Nc4cccc(C(F)(F)F)c4)cc3[nH]2)cc1. The molecule has 0 bridgehead atoms. The minimum atomic E-state index is -4.59. The number of hydrogen-bond acceptors (Lipinski definition) is 5. The number of nitriles is 1. The van der Waals surface area contributed by atoms with Gasteiger partial charge in [-0.25, -0.2) is 13.4 Å². The molecule has 1 aromatic heterocycles. The Hall–Kier alpha value is -4.04. The summed E-state index contributed by atoms with van der Waals surface area (Å²) in [7, 11) is -4.14. The van der Waals surface area contributed by atoms with Crippen molar-refractivity contribution in [2.75, 3.05) is 4.72 Å². The average Bonchev–Trinajstić information content (AvgIpc) is 3.19. The lowest BCUT2D eigenvalue weighted by Crippen LogP contribution is -2.14. The predicted molar refractivity (Wildman–Crippen MR) is 114 cm³/mol. The zero-order chi connectivity index (χ0) is 23.6. The smallest absolute Gasteiger partial charge is 0.416 e. The number of imidazole rings is 1. The highest BCUT2D eigenvalue weighted by Gasteiger charge is 2.30. The summed E-state index contributed by atoms with van der Waals surface area (Å²) in [5.41, 5.74) is 0.245. The number of fused-ring (bicyclic) bond motifs is 1. The van der Waals surface area contributed by atoms with Crippen LogP contribution in [0.2, 0.25) is 0 Å². The molecule has 0 radical (unpaired) electrons. The monoisotopic (exact) mass is 472 g/mol. The summed E-state index contributed by atoms with van der Waals surface area (Å²) in [5.74, 6) is 0.970. The van der Waals surface area contributed by atoms with E-state index in [0.29, 0.717) is 28.2 Å². The second kappa shape index (κ2) is 8.48. The van der Waals surface area contributed by atoms with Crippen molar-refractivity contribution in [3.63, 3.8) is 0 Å². The van der Waals surface area contributed by atoms with Gasteiger partial charge >= 0.3 is 6.18 Å². The van der Waals surface area contributed by atoms with Crippen LogP contribution in [0.3, 0.4) is 0 Å². The highest BCUT2D eigenvalue weighted by molar-refractivity contribution is 7.92. The van der Waals surface area contributed by atoms with Crippen LogP contribution in [0, 0.1) is 11.3 Å². The van der Waals surface area contributed by atoms with Gasteiger partial charge in [-0.15, -0.1) is 0 Å². The highest BCUT2D eigenvalue weighted by atomic mass is 32.2. The van der Waals surface area contributed by atoms with Crippen LogP contribution < -0.4 is 9.46 Å². The normalized spacial score (nSPS) is 11.8.